The van der Waals surface area contributed by atoms with Gasteiger partial charge in [0.05, 0.1) is 0 Å². The van der Waals surface area contributed by atoms with E-state index >= 15 is 0 Å². The van der Waals surface area contributed by atoms with Gasteiger partial charge in [0.2, 0.25) is 0 Å². The summed E-state index contributed by atoms with van der Waals surface area (Å²) < 4.78 is 32.6. The van der Waals surface area contributed by atoms with E-state index in [2.05, 4.69) is 0 Å². The standard InChI is InChI=1S/C14H13F2NO/c15-14(16,11-5-2-1-3-6-11)10-18-13-8-4-7-12(17)9-13/h1-9H,10,17H2. The van der Waals surface area contributed by atoms with E-state index in [-0.39, 0.29) is 5.56 Å². The molecule has 0 atom stereocenters. The first kappa shape index (κ1) is 12.4. The molecule has 0 spiro atoms. The SMILES string of the molecule is Nc1cccc(OCC(F)(F)c2ccccc2)c1. The summed E-state index contributed by atoms with van der Waals surface area (Å²) in [6.45, 7) is -0.708. The molecule has 2 nitrogen and oxygen atoms in total. The lowest BCUT2D eigenvalue weighted by Gasteiger charge is -2.17. The first-order valence-corrected chi connectivity index (χ1v) is 5.50. The maximum atomic E-state index is 13.8. The Bertz CT molecular complexity index is 514. The minimum Gasteiger partial charge on any atom is -0.487 e. The molecule has 0 aliphatic rings. The second kappa shape index (κ2) is 5.04. The Balaban J connectivity index is 2.05. The van der Waals surface area contributed by atoms with Crippen molar-refractivity contribution < 1.29 is 13.5 Å². The molecule has 0 fully saturated rings. The molecule has 2 aromatic carbocycles. The highest BCUT2D eigenvalue weighted by molar-refractivity contribution is 5.43. The molecule has 0 aliphatic heterocycles. The molecule has 0 aromatic heterocycles. The van der Waals surface area contributed by atoms with Crippen LogP contribution in [-0.4, -0.2) is 6.61 Å². The number of nitrogens with two attached hydrogens (primary N) is 1. The van der Waals surface area contributed by atoms with E-state index in [1.165, 1.54) is 18.2 Å². The van der Waals surface area contributed by atoms with Crippen molar-refractivity contribution in [2.75, 3.05) is 12.3 Å². The molecule has 0 aliphatic carbocycles. The summed E-state index contributed by atoms with van der Waals surface area (Å²) in [6.07, 6.45) is 0. The van der Waals surface area contributed by atoms with Gasteiger partial charge in [0.25, 0.3) is 0 Å². The second-order valence-electron chi connectivity index (χ2n) is 3.93. The molecular weight excluding hydrogens is 236 g/mol. The van der Waals surface area contributed by atoms with Crippen LogP contribution in [0.15, 0.2) is 54.6 Å². The number of rotatable bonds is 4. The van der Waals surface area contributed by atoms with E-state index in [4.69, 9.17) is 10.5 Å². The van der Waals surface area contributed by atoms with Crippen LogP contribution >= 0.6 is 0 Å². The van der Waals surface area contributed by atoms with Crippen LogP contribution in [0.1, 0.15) is 5.56 Å². The second-order valence-corrected chi connectivity index (χ2v) is 3.93. The van der Waals surface area contributed by atoms with Crippen molar-refractivity contribution >= 4 is 5.69 Å². The van der Waals surface area contributed by atoms with Gasteiger partial charge in [0, 0.05) is 17.3 Å². The van der Waals surface area contributed by atoms with Crippen LogP contribution in [0.3, 0.4) is 0 Å². The third-order valence-corrected chi connectivity index (χ3v) is 2.47. The largest absolute Gasteiger partial charge is 0.487 e. The van der Waals surface area contributed by atoms with Crippen LogP contribution in [0.5, 0.6) is 5.75 Å². The number of halogens is 2. The maximum Gasteiger partial charge on any atom is 0.306 e. The predicted molar refractivity (Wildman–Crippen MR) is 66.7 cm³/mol. The third kappa shape index (κ3) is 2.97. The van der Waals surface area contributed by atoms with E-state index in [1.807, 2.05) is 0 Å². The van der Waals surface area contributed by atoms with Gasteiger partial charge in [-0.25, -0.2) is 0 Å². The summed E-state index contributed by atoms with van der Waals surface area (Å²) in [7, 11) is 0. The molecule has 2 aromatic rings. The molecule has 94 valence electrons. The number of hydrogen-bond donors (Lipinski definition) is 1. The van der Waals surface area contributed by atoms with Gasteiger partial charge < -0.3 is 10.5 Å². The molecule has 18 heavy (non-hydrogen) atoms. The highest BCUT2D eigenvalue weighted by atomic mass is 19.3. The van der Waals surface area contributed by atoms with Gasteiger partial charge in [-0.1, -0.05) is 36.4 Å². The van der Waals surface area contributed by atoms with Crippen molar-refractivity contribution in [2.45, 2.75) is 5.92 Å². The van der Waals surface area contributed by atoms with Gasteiger partial charge in [-0.3, -0.25) is 0 Å². The Hall–Kier alpha value is -2.10. The van der Waals surface area contributed by atoms with Crippen LogP contribution in [0, 0.1) is 0 Å². The number of ether oxygens (including phenoxy) is 1. The minimum atomic E-state index is -3.02. The number of nitrogen functional groups attached to an aromatic ring is 1. The number of benzene rings is 2. The molecular formula is C14H13F2NO. The lowest BCUT2D eigenvalue weighted by atomic mass is 10.1. The van der Waals surface area contributed by atoms with Crippen LogP contribution in [0.25, 0.3) is 0 Å². The quantitative estimate of drug-likeness (QED) is 0.842. The van der Waals surface area contributed by atoms with Crippen molar-refractivity contribution in [1.82, 2.24) is 0 Å². The van der Waals surface area contributed by atoms with E-state index in [1.54, 1.807) is 36.4 Å². The van der Waals surface area contributed by atoms with E-state index in [0.717, 1.165) is 0 Å². The molecule has 0 bridgehead atoms. The summed E-state index contributed by atoms with van der Waals surface area (Å²) in [5.41, 5.74) is 5.96. The summed E-state index contributed by atoms with van der Waals surface area (Å²) >= 11 is 0. The molecule has 4 heteroatoms. The Labute approximate surface area is 104 Å². The van der Waals surface area contributed by atoms with Crippen molar-refractivity contribution in [3.8, 4) is 5.75 Å². The molecule has 0 saturated carbocycles. The van der Waals surface area contributed by atoms with Gasteiger partial charge in [-0.2, -0.15) is 8.78 Å². The van der Waals surface area contributed by atoms with Crippen molar-refractivity contribution in [2.24, 2.45) is 0 Å². The van der Waals surface area contributed by atoms with Crippen LogP contribution < -0.4 is 10.5 Å². The van der Waals surface area contributed by atoms with Crippen molar-refractivity contribution in [1.29, 1.82) is 0 Å². The smallest absolute Gasteiger partial charge is 0.306 e. The summed E-state index contributed by atoms with van der Waals surface area (Å²) in [5, 5.41) is 0. The molecule has 0 heterocycles. The normalized spacial score (nSPS) is 11.2. The Kier molecular flexibility index (Phi) is 3.46. The average Bonchev–Trinajstić information content (AvgIpc) is 2.38. The topological polar surface area (TPSA) is 35.2 Å². The van der Waals surface area contributed by atoms with Gasteiger partial charge in [-0.05, 0) is 12.1 Å². The fraction of sp³-hybridized carbons (Fsp3) is 0.143. The fourth-order valence-electron chi connectivity index (χ4n) is 1.54. The lowest BCUT2D eigenvalue weighted by molar-refractivity contribution is -0.0467. The summed E-state index contributed by atoms with van der Waals surface area (Å²) in [4.78, 5) is 0. The zero-order chi connectivity index (χ0) is 13.0. The molecule has 2 rings (SSSR count). The van der Waals surface area contributed by atoms with Gasteiger partial charge in [0.15, 0.2) is 6.61 Å². The molecule has 2 N–H and O–H groups in total. The first-order valence-electron chi connectivity index (χ1n) is 5.50. The number of anilines is 1. The summed E-state index contributed by atoms with van der Waals surface area (Å²) in [6, 6.07) is 14.0. The fourth-order valence-corrected chi connectivity index (χ4v) is 1.54. The molecule has 0 amide bonds. The highest BCUT2D eigenvalue weighted by Crippen LogP contribution is 2.28. The lowest BCUT2D eigenvalue weighted by Crippen LogP contribution is -2.23. The molecule has 0 unspecified atom stereocenters. The highest BCUT2D eigenvalue weighted by Gasteiger charge is 2.32. The molecule has 0 radical (unpaired) electrons. The van der Waals surface area contributed by atoms with E-state index in [9.17, 15) is 8.78 Å². The Morgan fingerprint density at radius 2 is 1.72 bits per heavy atom. The van der Waals surface area contributed by atoms with Crippen LogP contribution in [0.4, 0.5) is 14.5 Å². The van der Waals surface area contributed by atoms with Gasteiger partial charge in [-0.15, -0.1) is 0 Å². The monoisotopic (exact) mass is 249 g/mol. The van der Waals surface area contributed by atoms with Crippen LogP contribution in [-0.2, 0) is 5.92 Å². The van der Waals surface area contributed by atoms with Crippen molar-refractivity contribution in [3.05, 3.63) is 60.2 Å². The predicted octanol–water partition coefficient (Wildman–Crippen LogP) is 3.44. The first-order chi connectivity index (χ1) is 8.58. The number of alkyl halides is 2. The summed E-state index contributed by atoms with van der Waals surface area (Å²) in [5.74, 6) is -2.68. The zero-order valence-electron chi connectivity index (χ0n) is 9.64. The Morgan fingerprint density at radius 3 is 2.39 bits per heavy atom. The molecule has 0 saturated heterocycles. The van der Waals surface area contributed by atoms with Gasteiger partial charge >= 0.3 is 5.92 Å². The zero-order valence-corrected chi connectivity index (χ0v) is 9.64. The minimum absolute atomic E-state index is 0.0612. The Morgan fingerprint density at radius 1 is 1.00 bits per heavy atom. The van der Waals surface area contributed by atoms with Crippen molar-refractivity contribution in [3.63, 3.8) is 0 Å². The van der Waals surface area contributed by atoms with Gasteiger partial charge in [0.1, 0.15) is 5.75 Å². The van der Waals surface area contributed by atoms with Crippen LogP contribution in [0.2, 0.25) is 0 Å². The maximum absolute atomic E-state index is 13.8. The van der Waals surface area contributed by atoms with E-state index < -0.39 is 12.5 Å². The number of hydrogen-bond acceptors (Lipinski definition) is 2. The third-order valence-electron chi connectivity index (χ3n) is 2.47. The van der Waals surface area contributed by atoms with E-state index in [0.29, 0.717) is 11.4 Å². The average molecular weight is 249 g/mol.